The normalized spacial score (nSPS) is 21.2. The van der Waals surface area contributed by atoms with Gasteiger partial charge < -0.3 is 9.84 Å². The lowest BCUT2D eigenvalue weighted by atomic mass is 9.93. The third-order valence-electron chi connectivity index (χ3n) is 6.21. The van der Waals surface area contributed by atoms with E-state index in [1.807, 2.05) is 37.3 Å². The van der Waals surface area contributed by atoms with Gasteiger partial charge in [-0.15, -0.1) is 0 Å². The Morgan fingerprint density at radius 3 is 2.61 bits per heavy atom. The molecule has 6 nitrogen and oxygen atoms in total. The molecule has 0 radical (unpaired) electrons. The monoisotopic (exact) mass is 440 g/mol. The van der Waals surface area contributed by atoms with Crippen molar-refractivity contribution in [1.29, 1.82) is 0 Å². The SMILES string of the molecule is CCc1ccc(C2/C(=C(\O)c3ccc4c(c3)CC(C)O4)C(=O)C(=O)N2c2ccccn2)cc1. The lowest BCUT2D eigenvalue weighted by Crippen LogP contribution is -2.30. The van der Waals surface area contributed by atoms with Gasteiger partial charge in [0.25, 0.3) is 5.78 Å². The first-order valence-electron chi connectivity index (χ1n) is 11.1. The number of rotatable bonds is 4. The van der Waals surface area contributed by atoms with Gasteiger partial charge in [0.05, 0.1) is 11.6 Å². The zero-order chi connectivity index (χ0) is 23.1. The third kappa shape index (κ3) is 3.57. The van der Waals surface area contributed by atoms with Crippen molar-refractivity contribution in [2.45, 2.75) is 38.8 Å². The Hall–Kier alpha value is -3.93. The first-order chi connectivity index (χ1) is 16.0. The van der Waals surface area contributed by atoms with Crippen LogP contribution in [-0.2, 0) is 22.4 Å². The number of ketones is 1. The van der Waals surface area contributed by atoms with E-state index in [0.717, 1.165) is 35.3 Å². The summed E-state index contributed by atoms with van der Waals surface area (Å²) in [7, 11) is 0. The maximum atomic E-state index is 13.2. The highest BCUT2D eigenvalue weighted by atomic mass is 16.5. The van der Waals surface area contributed by atoms with E-state index in [0.29, 0.717) is 11.4 Å². The summed E-state index contributed by atoms with van der Waals surface area (Å²) in [6, 6.07) is 17.5. The summed E-state index contributed by atoms with van der Waals surface area (Å²) in [5.41, 5.74) is 3.38. The molecule has 1 amide bonds. The van der Waals surface area contributed by atoms with Gasteiger partial charge in [-0.1, -0.05) is 37.3 Å². The van der Waals surface area contributed by atoms with Crippen molar-refractivity contribution in [2.75, 3.05) is 4.90 Å². The number of aryl methyl sites for hydroxylation is 1. The molecule has 166 valence electrons. The summed E-state index contributed by atoms with van der Waals surface area (Å²) in [4.78, 5) is 32.1. The molecule has 2 aliphatic heterocycles. The molecule has 1 fully saturated rings. The largest absolute Gasteiger partial charge is 0.507 e. The summed E-state index contributed by atoms with van der Waals surface area (Å²) in [6.07, 6.45) is 3.23. The second kappa shape index (κ2) is 8.20. The van der Waals surface area contributed by atoms with Gasteiger partial charge in [-0.2, -0.15) is 0 Å². The molecule has 6 heteroatoms. The molecule has 0 saturated carbocycles. The number of pyridine rings is 1. The second-order valence-corrected chi connectivity index (χ2v) is 8.41. The molecule has 0 bridgehead atoms. The number of aliphatic hydroxyl groups excluding tert-OH is 1. The molecule has 2 aromatic carbocycles. The highest BCUT2D eigenvalue weighted by Crippen LogP contribution is 2.42. The minimum absolute atomic E-state index is 0.0572. The number of fused-ring (bicyclic) bond motifs is 1. The fraction of sp³-hybridized carbons (Fsp3) is 0.222. The van der Waals surface area contributed by atoms with Crippen LogP contribution >= 0.6 is 0 Å². The van der Waals surface area contributed by atoms with Gasteiger partial charge in [-0.05, 0) is 60.4 Å². The Morgan fingerprint density at radius 2 is 1.91 bits per heavy atom. The van der Waals surface area contributed by atoms with Gasteiger partial charge in [-0.25, -0.2) is 4.98 Å². The van der Waals surface area contributed by atoms with Gasteiger partial charge in [-0.3, -0.25) is 14.5 Å². The molecule has 1 N–H and O–H groups in total. The first-order valence-corrected chi connectivity index (χ1v) is 11.1. The Morgan fingerprint density at radius 1 is 1.12 bits per heavy atom. The maximum Gasteiger partial charge on any atom is 0.301 e. The van der Waals surface area contributed by atoms with Crippen molar-refractivity contribution < 1.29 is 19.4 Å². The van der Waals surface area contributed by atoms with Crippen LogP contribution in [0.4, 0.5) is 5.82 Å². The van der Waals surface area contributed by atoms with E-state index in [2.05, 4.69) is 11.9 Å². The average molecular weight is 440 g/mol. The minimum Gasteiger partial charge on any atom is -0.507 e. The number of amides is 1. The molecule has 3 aromatic rings. The molecule has 2 atom stereocenters. The number of aliphatic hydroxyl groups is 1. The number of ether oxygens (including phenoxy) is 1. The van der Waals surface area contributed by atoms with Crippen molar-refractivity contribution in [3.05, 3.63) is 94.7 Å². The molecular weight excluding hydrogens is 416 g/mol. The van der Waals surface area contributed by atoms with E-state index in [1.165, 1.54) is 4.90 Å². The third-order valence-corrected chi connectivity index (χ3v) is 6.21. The van der Waals surface area contributed by atoms with Crippen molar-refractivity contribution >= 4 is 23.3 Å². The molecule has 1 aromatic heterocycles. The lowest BCUT2D eigenvalue weighted by molar-refractivity contribution is -0.132. The molecule has 3 heterocycles. The molecule has 0 spiro atoms. The van der Waals surface area contributed by atoms with Crippen LogP contribution in [0.1, 0.15) is 42.1 Å². The Balaban J connectivity index is 1.67. The Bertz CT molecular complexity index is 1270. The summed E-state index contributed by atoms with van der Waals surface area (Å²) >= 11 is 0. The fourth-order valence-corrected chi connectivity index (χ4v) is 4.54. The number of carbonyl (C=O) groups excluding carboxylic acids is 2. The summed E-state index contributed by atoms with van der Waals surface area (Å²) in [6.45, 7) is 4.05. The predicted molar refractivity (Wildman–Crippen MR) is 125 cm³/mol. The lowest BCUT2D eigenvalue weighted by Gasteiger charge is -2.24. The zero-order valence-electron chi connectivity index (χ0n) is 18.5. The van der Waals surface area contributed by atoms with E-state index >= 15 is 0 Å². The van der Waals surface area contributed by atoms with E-state index in [4.69, 9.17) is 4.74 Å². The van der Waals surface area contributed by atoms with Crippen LogP contribution in [0, 0.1) is 0 Å². The average Bonchev–Trinajstić information content (AvgIpc) is 3.34. The Labute approximate surface area is 192 Å². The summed E-state index contributed by atoms with van der Waals surface area (Å²) in [5.74, 6) is -0.497. The van der Waals surface area contributed by atoms with Crippen molar-refractivity contribution in [3.8, 4) is 5.75 Å². The predicted octanol–water partition coefficient (Wildman–Crippen LogP) is 4.59. The molecule has 5 rings (SSSR count). The number of aromatic nitrogens is 1. The second-order valence-electron chi connectivity index (χ2n) is 8.41. The van der Waals surface area contributed by atoms with Crippen LogP contribution < -0.4 is 9.64 Å². The van der Waals surface area contributed by atoms with Gasteiger partial charge >= 0.3 is 5.91 Å². The number of Topliss-reactive ketones (excluding diaryl/α,β-unsaturated/α-hetero) is 1. The fourth-order valence-electron chi connectivity index (χ4n) is 4.54. The van der Waals surface area contributed by atoms with Crippen molar-refractivity contribution in [2.24, 2.45) is 0 Å². The van der Waals surface area contributed by atoms with Gasteiger partial charge in [0.1, 0.15) is 23.4 Å². The van der Waals surface area contributed by atoms with Gasteiger partial charge in [0.15, 0.2) is 0 Å². The number of carbonyl (C=O) groups is 2. The van der Waals surface area contributed by atoms with E-state index in [1.54, 1.807) is 36.5 Å². The number of hydrogen-bond acceptors (Lipinski definition) is 5. The number of hydrogen-bond donors (Lipinski definition) is 1. The van der Waals surface area contributed by atoms with E-state index < -0.39 is 17.7 Å². The van der Waals surface area contributed by atoms with Crippen LogP contribution in [0.3, 0.4) is 0 Å². The van der Waals surface area contributed by atoms with E-state index in [9.17, 15) is 14.7 Å². The molecule has 0 aliphatic carbocycles. The molecule has 2 unspecified atom stereocenters. The quantitative estimate of drug-likeness (QED) is 0.365. The standard InChI is InChI=1S/C27H24N2O4/c1-3-17-7-9-18(10-8-17)24-23(26(31)27(32)29(24)22-6-4-5-13-28-22)25(30)19-11-12-21-20(15-19)14-16(2)33-21/h4-13,15-16,24,30H,3,14H2,1-2H3/b25-23+. The van der Waals surface area contributed by atoms with Gasteiger partial charge in [0, 0.05) is 18.2 Å². The highest BCUT2D eigenvalue weighted by molar-refractivity contribution is 6.51. The van der Waals surface area contributed by atoms with Crippen LogP contribution in [-0.4, -0.2) is 27.9 Å². The first kappa shape index (κ1) is 20.9. The number of benzene rings is 2. The maximum absolute atomic E-state index is 13.2. The van der Waals surface area contributed by atoms with Gasteiger partial charge in [0.2, 0.25) is 0 Å². The molecule has 33 heavy (non-hydrogen) atoms. The molecular formula is C27H24N2O4. The van der Waals surface area contributed by atoms with Crippen LogP contribution in [0.5, 0.6) is 5.75 Å². The highest BCUT2D eigenvalue weighted by Gasteiger charge is 2.47. The summed E-state index contributed by atoms with van der Waals surface area (Å²) in [5, 5.41) is 11.3. The van der Waals surface area contributed by atoms with Crippen LogP contribution in [0.15, 0.2) is 72.4 Å². The molecule has 1 saturated heterocycles. The zero-order valence-corrected chi connectivity index (χ0v) is 18.5. The number of anilines is 1. The van der Waals surface area contributed by atoms with Crippen LogP contribution in [0.25, 0.3) is 5.76 Å². The van der Waals surface area contributed by atoms with Crippen molar-refractivity contribution in [1.82, 2.24) is 4.98 Å². The topological polar surface area (TPSA) is 79.7 Å². The van der Waals surface area contributed by atoms with Crippen LogP contribution in [0.2, 0.25) is 0 Å². The Kier molecular flexibility index (Phi) is 5.21. The molecule has 2 aliphatic rings. The van der Waals surface area contributed by atoms with E-state index in [-0.39, 0.29) is 17.4 Å². The summed E-state index contributed by atoms with van der Waals surface area (Å²) < 4.78 is 5.76. The smallest absolute Gasteiger partial charge is 0.301 e. The number of nitrogens with zero attached hydrogens (tertiary/aromatic N) is 2. The van der Waals surface area contributed by atoms with Crippen molar-refractivity contribution in [3.63, 3.8) is 0 Å². The minimum atomic E-state index is -0.783.